The minimum atomic E-state index is 1.18. The van der Waals surface area contributed by atoms with Crippen LogP contribution >= 0.6 is 0 Å². The quantitative estimate of drug-likeness (QED) is 0.644. The summed E-state index contributed by atoms with van der Waals surface area (Å²) in [5.74, 6) is 0. The SMILES string of the molecule is CCC/C=C(\C)c1ccc(C)cc1. The lowest BCUT2D eigenvalue weighted by molar-refractivity contribution is 0.959. The van der Waals surface area contributed by atoms with Crippen LogP contribution in [0.2, 0.25) is 0 Å². The minimum Gasteiger partial charge on any atom is -0.0810 e. The highest BCUT2D eigenvalue weighted by Gasteiger charge is 1.93. The van der Waals surface area contributed by atoms with Crippen molar-refractivity contribution in [1.29, 1.82) is 0 Å². The number of aryl methyl sites for hydroxylation is 1. The Morgan fingerprint density at radius 3 is 2.38 bits per heavy atom. The third-order valence-corrected chi connectivity index (χ3v) is 2.25. The average Bonchev–Trinajstić information content (AvgIpc) is 2.15. The van der Waals surface area contributed by atoms with Crippen molar-refractivity contribution in [2.45, 2.75) is 33.6 Å². The molecular formula is C13H18. The molecule has 0 aliphatic heterocycles. The molecule has 1 aromatic rings. The van der Waals surface area contributed by atoms with Crippen molar-refractivity contribution < 1.29 is 0 Å². The largest absolute Gasteiger partial charge is 0.0810 e. The topological polar surface area (TPSA) is 0 Å². The lowest BCUT2D eigenvalue weighted by Crippen LogP contribution is -1.80. The molecule has 0 heteroatoms. The first-order valence-electron chi connectivity index (χ1n) is 4.98. The Kier molecular flexibility index (Phi) is 3.75. The highest BCUT2D eigenvalue weighted by atomic mass is 14.0. The highest BCUT2D eigenvalue weighted by molar-refractivity contribution is 5.63. The first-order chi connectivity index (χ1) is 6.24. The molecule has 0 nitrogen and oxygen atoms in total. The summed E-state index contributed by atoms with van der Waals surface area (Å²) in [4.78, 5) is 0. The molecule has 0 amide bonds. The van der Waals surface area contributed by atoms with Gasteiger partial charge in [-0.3, -0.25) is 0 Å². The van der Waals surface area contributed by atoms with Crippen molar-refractivity contribution in [3.05, 3.63) is 41.5 Å². The molecule has 0 fully saturated rings. The van der Waals surface area contributed by atoms with Gasteiger partial charge in [-0.1, -0.05) is 49.2 Å². The third kappa shape index (κ3) is 3.06. The molecule has 0 saturated carbocycles. The van der Waals surface area contributed by atoms with E-state index in [1.54, 1.807) is 0 Å². The maximum Gasteiger partial charge on any atom is -0.0230 e. The van der Waals surface area contributed by atoms with Gasteiger partial charge in [0.25, 0.3) is 0 Å². The van der Waals surface area contributed by atoms with Crippen LogP contribution in [-0.4, -0.2) is 0 Å². The van der Waals surface area contributed by atoms with Gasteiger partial charge >= 0.3 is 0 Å². The van der Waals surface area contributed by atoms with E-state index >= 15 is 0 Å². The fourth-order valence-electron chi connectivity index (χ4n) is 1.30. The zero-order valence-electron chi connectivity index (χ0n) is 8.80. The highest BCUT2D eigenvalue weighted by Crippen LogP contribution is 2.15. The molecule has 70 valence electrons. The second-order valence-corrected chi connectivity index (χ2v) is 3.54. The number of rotatable bonds is 3. The van der Waals surface area contributed by atoms with Gasteiger partial charge in [-0.15, -0.1) is 0 Å². The second kappa shape index (κ2) is 4.86. The zero-order chi connectivity index (χ0) is 9.68. The third-order valence-electron chi connectivity index (χ3n) is 2.25. The summed E-state index contributed by atoms with van der Waals surface area (Å²) in [5.41, 5.74) is 4.06. The first-order valence-corrected chi connectivity index (χ1v) is 4.98. The summed E-state index contributed by atoms with van der Waals surface area (Å²) in [6.07, 6.45) is 4.72. The van der Waals surface area contributed by atoms with E-state index in [1.165, 1.54) is 29.5 Å². The first kappa shape index (κ1) is 10.0. The van der Waals surface area contributed by atoms with Crippen LogP contribution in [0.1, 0.15) is 37.8 Å². The molecule has 0 aliphatic carbocycles. The van der Waals surface area contributed by atoms with Crippen LogP contribution in [0.25, 0.3) is 5.57 Å². The van der Waals surface area contributed by atoms with Crippen LogP contribution in [-0.2, 0) is 0 Å². The number of benzene rings is 1. The van der Waals surface area contributed by atoms with Crippen LogP contribution in [0.15, 0.2) is 30.3 Å². The Hall–Kier alpha value is -1.04. The molecule has 0 heterocycles. The Balaban J connectivity index is 2.77. The Morgan fingerprint density at radius 2 is 1.85 bits per heavy atom. The van der Waals surface area contributed by atoms with E-state index in [-0.39, 0.29) is 0 Å². The van der Waals surface area contributed by atoms with E-state index in [2.05, 4.69) is 51.1 Å². The normalized spacial score (nSPS) is 11.8. The minimum absolute atomic E-state index is 1.18. The van der Waals surface area contributed by atoms with Gasteiger partial charge in [-0.2, -0.15) is 0 Å². The van der Waals surface area contributed by atoms with Crippen molar-refractivity contribution in [2.75, 3.05) is 0 Å². The number of hydrogen-bond acceptors (Lipinski definition) is 0. The molecule has 1 aromatic carbocycles. The molecule has 0 N–H and O–H groups in total. The van der Waals surface area contributed by atoms with E-state index in [9.17, 15) is 0 Å². The maximum atomic E-state index is 2.31. The van der Waals surface area contributed by atoms with Crippen LogP contribution in [0, 0.1) is 6.92 Å². The summed E-state index contributed by atoms with van der Waals surface area (Å²) in [6, 6.07) is 8.71. The molecule has 0 spiro atoms. The van der Waals surface area contributed by atoms with Crippen LogP contribution < -0.4 is 0 Å². The molecule has 0 bridgehead atoms. The smallest absolute Gasteiger partial charge is 0.0230 e. The fourth-order valence-corrected chi connectivity index (χ4v) is 1.30. The maximum absolute atomic E-state index is 2.31. The standard InChI is InChI=1S/C13H18/c1-4-5-6-12(3)13-9-7-11(2)8-10-13/h6-10H,4-5H2,1-3H3/b12-6+. The number of unbranched alkanes of at least 4 members (excludes halogenated alkanes) is 1. The average molecular weight is 174 g/mol. The summed E-state index contributed by atoms with van der Waals surface area (Å²) in [7, 11) is 0. The summed E-state index contributed by atoms with van der Waals surface area (Å²) in [5, 5.41) is 0. The van der Waals surface area contributed by atoms with E-state index in [0.29, 0.717) is 0 Å². The van der Waals surface area contributed by atoms with E-state index in [4.69, 9.17) is 0 Å². The summed E-state index contributed by atoms with van der Waals surface area (Å²) < 4.78 is 0. The predicted octanol–water partition coefficient (Wildman–Crippen LogP) is 4.20. The molecule has 13 heavy (non-hydrogen) atoms. The monoisotopic (exact) mass is 174 g/mol. The molecule has 0 aromatic heterocycles. The molecule has 0 radical (unpaired) electrons. The van der Waals surface area contributed by atoms with Crippen LogP contribution in [0.3, 0.4) is 0 Å². The molecule has 0 atom stereocenters. The summed E-state index contributed by atoms with van der Waals surface area (Å²) >= 11 is 0. The van der Waals surface area contributed by atoms with Gasteiger partial charge in [0.1, 0.15) is 0 Å². The molecular weight excluding hydrogens is 156 g/mol. The predicted molar refractivity (Wildman–Crippen MR) is 59.7 cm³/mol. The molecule has 0 saturated heterocycles. The van der Waals surface area contributed by atoms with Crippen LogP contribution in [0.4, 0.5) is 0 Å². The molecule has 0 aliphatic rings. The van der Waals surface area contributed by atoms with Gasteiger partial charge in [0.15, 0.2) is 0 Å². The molecule has 1 rings (SSSR count). The number of allylic oxidation sites excluding steroid dienone is 2. The van der Waals surface area contributed by atoms with Crippen molar-refractivity contribution in [1.82, 2.24) is 0 Å². The lowest BCUT2D eigenvalue weighted by Gasteiger charge is -2.01. The van der Waals surface area contributed by atoms with Crippen molar-refractivity contribution in [3.8, 4) is 0 Å². The van der Waals surface area contributed by atoms with Gasteiger partial charge in [-0.05, 0) is 31.4 Å². The van der Waals surface area contributed by atoms with Gasteiger partial charge in [0.2, 0.25) is 0 Å². The lowest BCUT2D eigenvalue weighted by atomic mass is 10.0. The zero-order valence-corrected chi connectivity index (χ0v) is 8.80. The Bertz CT molecular complexity index is 277. The number of hydrogen-bond donors (Lipinski definition) is 0. The van der Waals surface area contributed by atoms with E-state index in [0.717, 1.165) is 0 Å². The van der Waals surface area contributed by atoms with Gasteiger partial charge < -0.3 is 0 Å². The Morgan fingerprint density at radius 1 is 1.23 bits per heavy atom. The summed E-state index contributed by atoms with van der Waals surface area (Å²) in [6.45, 7) is 6.51. The van der Waals surface area contributed by atoms with Crippen molar-refractivity contribution in [2.24, 2.45) is 0 Å². The fraction of sp³-hybridized carbons (Fsp3) is 0.385. The van der Waals surface area contributed by atoms with Crippen molar-refractivity contribution in [3.63, 3.8) is 0 Å². The second-order valence-electron chi connectivity index (χ2n) is 3.54. The van der Waals surface area contributed by atoms with E-state index in [1.807, 2.05) is 0 Å². The molecule has 0 unspecified atom stereocenters. The van der Waals surface area contributed by atoms with Gasteiger partial charge in [0.05, 0.1) is 0 Å². The van der Waals surface area contributed by atoms with Crippen LogP contribution in [0.5, 0.6) is 0 Å². The van der Waals surface area contributed by atoms with Crippen molar-refractivity contribution >= 4 is 5.57 Å². The van der Waals surface area contributed by atoms with Gasteiger partial charge in [0, 0.05) is 0 Å². The van der Waals surface area contributed by atoms with Gasteiger partial charge in [-0.25, -0.2) is 0 Å². The van der Waals surface area contributed by atoms with E-state index < -0.39 is 0 Å². The Labute approximate surface area is 81.3 Å².